The van der Waals surface area contributed by atoms with Crippen LogP contribution in [0.4, 0.5) is 0 Å². The van der Waals surface area contributed by atoms with Crippen molar-refractivity contribution in [3.8, 4) is 11.1 Å². The molecule has 0 bridgehead atoms. The molecule has 0 heterocycles. The molecule has 1 unspecified atom stereocenters. The quantitative estimate of drug-likeness (QED) is 0.844. The normalized spacial score (nSPS) is 12.3. The van der Waals surface area contributed by atoms with Crippen molar-refractivity contribution in [1.29, 1.82) is 0 Å². The van der Waals surface area contributed by atoms with Crippen LogP contribution >= 0.6 is 0 Å². The van der Waals surface area contributed by atoms with Crippen LogP contribution in [-0.2, 0) is 0 Å². The van der Waals surface area contributed by atoms with E-state index in [1.54, 1.807) is 0 Å². The molecule has 2 aromatic rings. The predicted octanol–water partition coefficient (Wildman–Crippen LogP) is 3.13. The minimum absolute atomic E-state index is 0.440. The molecule has 18 heavy (non-hydrogen) atoms. The Hall–Kier alpha value is -1.64. The Labute approximate surface area is 108 Å². The van der Waals surface area contributed by atoms with Crippen molar-refractivity contribution in [2.24, 2.45) is 5.73 Å². The lowest BCUT2D eigenvalue weighted by Gasteiger charge is -2.15. The Morgan fingerprint density at radius 2 is 1.61 bits per heavy atom. The summed E-state index contributed by atoms with van der Waals surface area (Å²) in [7, 11) is 0. The summed E-state index contributed by atoms with van der Waals surface area (Å²) in [4.78, 5) is 0. The van der Waals surface area contributed by atoms with Crippen molar-refractivity contribution in [1.82, 2.24) is 0 Å². The number of aliphatic hydroxyl groups is 1. The number of benzene rings is 2. The number of hydrogen-bond donors (Lipinski definition) is 2. The molecule has 2 rings (SSSR count). The molecule has 0 amide bonds. The molecule has 2 aromatic carbocycles. The largest absolute Gasteiger partial charge is 0.388 e. The molecule has 0 aromatic heterocycles. The average Bonchev–Trinajstić information content (AvgIpc) is 2.45. The zero-order valence-electron chi connectivity index (χ0n) is 10.4. The second-order valence-electron chi connectivity index (χ2n) is 4.40. The molecule has 0 saturated heterocycles. The van der Waals surface area contributed by atoms with E-state index in [4.69, 9.17) is 5.73 Å². The second kappa shape index (κ2) is 6.34. The number of hydrogen-bond acceptors (Lipinski definition) is 2. The molecule has 1 atom stereocenters. The van der Waals surface area contributed by atoms with Crippen LogP contribution in [0.5, 0.6) is 0 Å². The van der Waals surface area contributed by atoms with Gasteiger partial charge in [-0.3, -0.25) is 0 Å². The van der Waals surface area contributed by atoms with Crippen LogP contribution in [0.15, 0.2) is 54.6 Å². The van der Waals surface area contributed by atoms with Crippen molar-refractivity contribution >= 4 is 0 Å². The van der Waals surface area contributed by atoms with Gasteiger partial charge in [-0.1, -0.05) is 54.6 Å². The number of aliphatic hydroxyl groups excluding tert-OH is 1. The van der Waals surface area contributed by atoms with Gasteiger partial charge in [0.05, 0.1) is 6.10 Å². The molecule has 0 aliphatic rings. The molecule has 0 radical (unpaired) electrons. The highest BCUT2D eigenvalue weighted by Crippen LogP contribution is 2.29. The maximum absolute atomic E-state index is 10.2. The summed E-state index contributed by atoms with van der Waals surface area (Å²) in [5, 5.41) is 10.2. The fraction of sp³-hybridized carbons (Fsp3) is 0.250. The summed E-state index contributed by atoms with van der Waals surface area (Å²) >= 11 is 0. The molecule has 0 spiro atoms. The third-order valence-corrected chi connectivity index (χ3v) is 3.09. The Kier molecular flexibility index (Phi) is 4.51. The van der Waals surface area contributed by atoms with Gasteiger partial charge in [-0.15, -0.1) is 0 Å². The lowest BCUT2D eigenvalue weighted by Crippen LogP contribution is -2.04. The summed E-state index contributed by atoms with van der Waals surface area (Å²) in [6.07, 6.45) is 1.11. The van der Waals surface area contributed by atoms with Crippen LogP contribution in [0.1, 0.15) is 24.5 Å². The van der Waals surface area contributed by atoms with Crippen molar-refractivity contribution in [3.63, 3.8) is 0 Å². The number of nitrogens with two attached hydrogens (primary N) is 1. The van der Waals surface area contributed by atoms with Gasteiger partial charge < -0.3 is 10.8 Å². The third-order valence-electron chi connectivity index (χ3n) is 3.09. The molecule has 0 fully saturated rings. The van der Waals surface area contributed by atoms with Gasteiger partial charge in [0.2, 0.25) is 0 Å². The van der Waals surface area contributed by atoms with Crippen molar-refractivity contribution < 1.29 is 5.11 Å². The van der Waals surface area contributed by atoms with Crippen LogP contribution < -0.4 is 5.73 Å². The smallest absolute Gasteiger partial charge is 0.0796 e. The second-order valence-corrected chi connectivity index (χ2v) is 4.40. The fourth-order valence-electron chi connectivity index (χ4n) is 2.13. The summed E-state index contributed by atoms with van der Waals surface area (Å²) in [6.45, 7) is 0.616. The van der Waals surface area contributed by atoms with Crippen molar-refractivity contribution in [2.45, 2.75) is 18.9 Å². The van der Waals surface area contributed by atoms with Gasteiger partial charge >= 0.3 is 0 Å². The van der Waals surface area contributed by atoms with Crippen LogP contribution in [0, 0.1) is 0 Å². The molecular formula is C16H19NO. The van der Waals surface area contributed by atoms with Gasteiger partial charge in [-0.2, -0.15) is 0 Å². The third kappa shape index (κ3) is 2.97. The minimum atomic E-state index is -0.440. The van der Waals surface area contributed by atoms with Gasteiger partial charge in [-0.05, 0) is 36.1 Å². The molecule has 2 nitrogen and oxygen atoms in total. The van der Waals surface area contributed by atoms with E-state index in [0.717, 1.165) is 23.1 Å². The van der Waals surface area contributed by atoms with E-state index in [9.17, 15) is 5.11 Å². The summed E-state index contributed by atoms with van der Waals surface area (Å²) in [5.41, 5.74) is 8.71. The Bertz CT molecular complexity index is 481. The Balaban J connectivity index is 2.31. The van der Waals surface area contributed by atoms with Gasteiger partial charge in [0.25, 0.3) is 0 Å². The van der Waals surface area contributed by atoms with E-state index in [2.05, 4.69) is 18.2 Å². The highest BCUT2D eigenvalue weighted by Gasteiger charge is 2.12. The summed E-state index contributed by atoms with van der Waals surface area (Å²) < 4.78 is 0. The SMILES string of the molecule is NCCCC(O)c1ccccc1-c1ccccc1. The zero-order chi connectivity index (χ0) is 12.8. The fourth-order valence-corrected chi connectivity index (χ4v) is 2.13. The van der Waals surface area contributed by atoms with E-state index in [1.807, 2.05) is 36.4 Å². The standard InChI is InChI=1S/C16H19NO/c17-12-6-11-16(18)15-10-5-4-9-14(15)13-7-2-1-3-8-13/h1-5,7-10,16,18H,6,11-12,17H2. The van der Waals surface area contributed by atoms with E-state index in [1.165, 1.54) is 0 Å². The first-order chi connectivity index (χ1) is 8.83. The topological polar surface area (TPSA) is 46.2 Å². The Morgan fingerprint density at radius 3 is 2.33 bits per heavy atom. The molecule has 0 aliphatic heterocycles. The molecule has 3 N–H and O–H groups in total. The maximum atomic E-state index is 10.2. The van der Waals surface area contributed by atoms with Crippen molar-refractivity contribution in [2.75, 3.05) is 6.54 Å². The summed E-state index contributed by atoms with van der Waals surface area (Å²) in [5.74, 6) is 0. The summed E-state index contributed by atoms with van der Waals surface area (Å²) in [6, 6.07) is 18.2. The highest BCUT2D eigenvalue weighted by molar-refractivity contribution is 5.67. The lowest BCUT2D eigenvalue weighted by molar-refractivity contribution is 0.166. The lowest BCUT2D eigenvalue weighted by atomic mass is 9.94. The zero-order valence-corrected chi connectivity index (χ0v) is 10.4. The Morgan fingerprint density at radius 1 is 0.944 bits per heavy atom. The molecule has 0 aliphatic carbocycles. The van der Waals surface area contributed by atoms with Crippen molar-refractivity contribution in [3.05, 3.63) is 60.2 Å². The predicted molar refractivity (Wildman–Crippen MR) is 75.1 cm³/mol. The van der Waals surface area contributed by atoms with E-state index < -0.39 is 6.10 Å². The van der Waals surface area contributed by atoms with Crippen LogP contribution in [0.3, 0.4) is 0 Å². The minimum Gasteiger partial charge on any atom is -0.388 e. The molecular weight excluding hydrogens is 222 g/mol. The molecule has 2 heteroatoms. The first-order valence-corrected chi connectivity index (χ1v) is 6.35. The highest BCUT2D eigenvalue weighted by atomic mass is 16.3. The average molecular weight is 241 g/mol. The van der Waals surface area contributed by atoms with Crippen LogP contribution in [0.25, 0.3) is 11.1 Å². The maximum Gasteiger partial charge on any atom is 0.0796 e. The monoisotopic (exact) mass is 241 g/mol. The first-order valence-electron chi connectivity index (χ1n) is 6.35. The van der Waals surface area contributed by atoms with Gasteiger partial charge in [-0.25, -0.2) is 0 Å². The van der Waals surface area contributed by atoms with Gasteiger partial charge in [0, 0.05) is 0 Å². The van der Waals surface area contributed by atoms with Crippen LogP contribution in [0.2, 0.25) is 0 Å². The van der Waals surface area contributed by atoms with E-state index in [0.29, 0.717) is 13.0 Å². The van der Waals surface area contributed by atoms with Gasteiger partial charge in [0.15, 0.2) is 0 Å². The molecule has 94 valence electrons. The first kappa shape index (κ1) is 12.8. The van der Waals surface area contributed by atoms with Gasteiger partial charge in [0.1, 0.15) is 0 Å². The number of rotatable bonds is 5. The van der Waals surface area contributed by atoms with Crippen LogP contribution in [-0.4, -0.2) is 11.7 Å². The van der Waals surface area contributed by atoms with E-state index >= 15 is 0 Å². The molecule has 0 saturated carbocycles. The van der Waals surface area contributed by atoms with E-state index in [-0.39, 0.29) is 0 Å².